The minimum absolute atomic E-state index is 0. The second-order valence-corrected chi connectivity index (χ2v) is 0.982. The topological polar surface area (TPSA) is 0 Å². The zero-order valence-electron chi connectivity index (χ0n) is 2.37. The molecule has 0 aliphatic carbocycles. The third-order valence-electron chi connectivity index (χ3n) is 0. The molecule has 0 unspecified atom stereocenters. The first-order chi connectivity index (χ1) is 1.41. The molecule has 0 saturated carbocycles. The van der Waals surface area contributed by atoms with Gasteiger partial charge in [0.1, 0.15) is 0 Å². The summed E-state index contributed by atoms with van der Waals surface area (Å²) < 4.78 is 0. The molecule has 0 N–H and O–H groups in total. The van der Waals surface area contributed by atoms with Gasteiger partial charge in [-0.25, -0.2) is 0 Å². The van der Waals surface area contributed by atoms with E-state index in [1.807, 2.05) is 0 Å². The van der Waals surface area contributed by atoms with Crippen molar-refractivity contribution in [3.8, 4) is 0 Å². The van der Waals surface area contributed by atoms with Gasteiger partial charge in [0.15, 0.2) is 0 Å². The summed E-state index contributed by atoms with van der Waals surface area (Å²) in [6.07, 6.45) is 0. The molecular formula is C2H4BrY+2. The molecule has 0 bridgehead atoms. The van der Waals surface area contributed by atoms with Crippen LogP contribution < -0.4 is 0 Å². The van der Waals surface area contributed by atoms with Crippen molar-refractivity contribution in [2.24, 2.45) is 0 Å². The first-order valence-corrected chi connectivity index (χ1v) is 1.89. The molecule has 0 radical (unpaired) electrons. The van der Waals surface area contributed by atoms with Crippen LogP contribution in [0.3, 0.4) is 0 Å². The molecule has 0 aliphatic rings. The van der Waals surface area contributed by atoms with Crippen LogP contribution in [0.15, 0.2) is 0 Å². The molecule has 0 aromatic heterocycles. The molecule has 4 heavy (non-hydrogen) atoms. The van der Waals surface area contributed by atoms with E-state index in [0.29, 0.717) is 0 Å². The van der Waals surface area contributed by atoms with E-state index in [-0.39, 0.29) is 32.7 Å². The normalized spacial score (nSPS) is 4.50. The Balaban J connectivity index is 0. The Hall–Kier alpha value is 1.58. The summed E-state index contributed by atoms with van der Waals surface area (Å²) in [7, 11) is 0. The summed E-state index contributed by atoms with van der Waals surface area (Å²) >= 11 is 3.03. The van der Waals surface area contributed by atoms with E-state index in [1.54, 1.807) is 0 Å². The summed E-state index contributed by atoms with van der Waals surface area (Å²) in [6, 6.07) is 0. The Morgan fingerprint density at radius 1 is 1.75 bits per heavy atom. The van der Waals surface area contributed by atoms with Gasteiger partial charge in [0.05, 0.1) is 0 Å². The van der Waals surface area contributed by atoms with E-state index in [2.05, 4.69) is 22.9 Å². The van der Waals surface area contributed by atoms with Gasteiger partial charge in [-0.15, -0.1) is 21.3 Å². The third kappa shape index (κ3) is 9.54. The van der Waals surface area contributed by atoms with Gasteiger partial charge >= 0.3 is 32.7 Å². The van der Waals surface area contributed by atoms with Crippen LogP contribution in [0.25, 0.3) is 0 Å². The van der Waals surface area contributed by atoms with Gasteiger partial charge in [0, 0.05) is 0 Å². The van der Waals surface area contributed by atoms with Crippen LogP contribution in [0.2, 0.25) is 0 Å². The predicted octanol–water partition coefficient (Wildman–Crippen LogP) is 1.21. The molecular weight excluding hydrogens is 193 g/mol. The van der Waals surface area contributed by atoms with Crippen LogP contribution in [-0.4, -0.2) is 5.33 Å². The van der Waals surface area contributed by atoms with Crippen LogP contribution in [0, 0.1) is 6.92 Å². The summed E-state index contributed by atoms with van der Waals surface area (Å²) in [5, 5.41) is 0.812. The molecule has 2 heteroatoms. The Bertz CT molecular complexity index is 6.00. The van der Waals surface area contributed by atoms with Crippen LogP contribution in [0.5, 0.6) is 0 Å². The first-order valence-electron chi connectivity index (χ1n) is 0.767. The van der Waals surface area contributed by atoms with E-state index in [4.69, 9.17) is 0 Å². The molecule has 0 aromatic rings. The molecule has 0 heterocycles. The van der Waals surface area contributed by atoms with Crippen molar-refractivity contribution in [1.29, 1.82) is 0 Å². The maximum Gasteiger partial charge on any atom is 3.00 e. The van der Waals surface area contributed by atoms with E-state index in [0.717, 1.165) is 5.33 Å². The monoisotopic (exact) mass is 196 g/mol. The predicted molar refractivity (Wildman–Crippen MR) is 19.2 cm³/mol. The van der Waals surface area contributed by atoms with Gasteiger partial charge < -0.3 is 6.92 Å². The zero-order chi connectivity index (χ0) is 2.71. The Kier molecular flexibility index (Phi) is 20.1. The molecule has 20 valence electrons. The van der Waals surface area contributed by atoms with Crippen molar-refractivity contribution >= 4 is 15.9 Å². The summed E-state index contributed by atoms with van der Waals surface area (Å²) in [5.41, 5.74) is 0. The molecule has 0 amide bonds. The largest absolute Gasteiger partial charge is 3.00 e. The van der Waals surface area contributed by atoms with Gasteiger partial charge in [-0.3, -0.25) is 0 Å². The quantitative estimate of drug-likeness (QED) is 0.404. The Labute approximate surface area is 60.4 Å². The van der Waals surface area contributed by atoms with E-state index in [9.17, 15) is 0 Å². The Morgan fingerprint density at radius 3 is 1.75 bits per heavy atom. The van der Waals surface area contributed by atoms with Crippen LogP contribution in [0.4, 0.5) is 0 Å². The van der Waals surface area contributed by atoms with Gasteiger partial charge in [-0.05, 0) is 0 Å². The molecule has 0 fully saturated rings. The molecule has 0 spiro atoms. The molecule has 0 nitrogen and oxygen atoms in total. The van der Waals surface area contributed by atoms with E-state index in [1.165, 1.54) is 0 Å². The van der Waals surface area contributed by atoms with Gasteiger partial charge in [0.2, 0.25) is 0 Å². The van der Waals surface area contributed by atoms with Crippen LogP contribution in [-0.2, 0) is 32.7 Å². The van der Waals surface area contributed by atoms with Crippen LogP contribution >= 0.6 is 15.9 Å². The van der Waals surface area contributed by atoms with Crippen molar-refractivity contribution in [3.63, 3.8) is 0 Å². The van der Waals surface area contributed by atoms with E-state index < -0.39 is 0 Å². The standard InChI is InChI=1S/C2H4Br.Y/c1-2-3;/h1-2H2;/q-1;+3. The first kappa shape index (κ1) is 9.13. The number of halogens is 1. The number of hydrogen-bond acceptors (Lipinski definition) is 0. The zero-order valence-corrected chi connectivity index (χ0v) is 6.79. The van der Waals surface area contributed by atoms with E-state index >= 15 is 0 Å². The molecule has 0 saturated heterocycles. The summed E-state index contributed by atoms with van der Waals surface area (Å²) in [5.74, 6) is 0. The second kappa shape index (κ2) is 8.82. The number of alkyl halides is 1. The minimum Gasteiger partial charge on any atom is -0.333 e. The summed E-state index contributed by atoms with van der Waals surface area (Å²) in [6.45, 7) is 3.40. The number of rotatable bonds is 0. The van der Waals surface area contributed by atoms with Gasteiger partial charge in [-0.1, -0.05) is 0 Å². The number of hydrogen-bond donors (Lipinski definition) is 0. The third-order valence-corrected chi connectivity index (χ3v) is 0. The van der Waals surface area contributed by atoms with Gasteiger partial charge in [-0.2, -0.15) is 0 Å². The van der Waals surface area contributed by atoms with Crippen molar-refractivity contribution < 1.29 is 32.7 Å². The van der Waals surface area contributed by atoms with Crippen molar-refractivity contribution in [1.82, 2.24) is 0 Å². The fourth-order valence-electron chi connectivity index (χ4n) is 0. The van der Waals surface area contributed by atoms with Crippen LogP contribution in [0.1, 0.15) is 0 Å². The second-order valence-electron chi connectivity index (χ2n) is 0.189. The minimum atomic E-state index is 0. The van der Waals surface area contributed by atoms with Crippen molar-refractivity contribution in [2.45, 2.75) is 0 Å². The average Bonchev–Trinajstić information content (AvgIpc) is 0.918. The fraction of sp³-hybridized carbons (Fsp3) is 0.500. The SMILES string of the molecule is [CH2-]CBr.[Y+3]. The van der Waals surface area contributed by atoms with Crippen molar-refractivity contribution in [2.75, 3.05) is 5.33 Å². The summed E-state index contributed by atoms with van der Waals surface area (Å²) in [4.78, 5) is 0. The fourth-order valence-corrected chi connectivity index (χ4v) is 0. The molecule has 0 atom stereocenters. The smallest absolute Gasteiger partial charge is 0.333 e. The van der Waals surface area contributed by atoms with Crippen molar-refractivity contribution in [3.05, 3.63) is 6.92 Å². The maximum absolute atomic E-state index is 3.40. The average molecular weight is 197 g/mol. The molecule has 0 aromatic carbocycles. The molecule has 0 aliphatic heterocycles. The maximum atomic E-state index is 3.40. The Morgan fingerprint density at radius 2 is 1.75 bits per heavy atom. The molecule has 0 rings (SSSR count). The van der Waals surface area contributed by atoms with Gasteiger partial charge in [0.25, 0.3) is 0 Å².